The van der Waals surface area contributed by atoms with Gasteiger partial charge in [-0.3, -0.25) is 10.1 Å². The van der Waals surface area contributed by atoms with Crippen molar-refractivity contribution in [3.63, 3.8) is 0 Å². The molecular formula is C23H31N7O4S2. The minimum absolute atomic E-state index is 0.0117. The average molecular weight is 534 g/mol. The maximum atomic E-state index is 12.4. The largest absolute Gasteiger partial charge is 0.454 e. The number of hydrogen-bond donors (Lipinski definition) is 3. The number of nitrogens with two attached hydrogens (primary N) is 1. The molecule has 2 aromatic rings. The number of benzene rings is 1. The highest BCUT2D eigenvalue weighted by molar-refractivity contribution is 8.14. The van der Waals surface area contributed by atoms with E-state index >= 15 is 0 Å². The van der Waals surface area contributed by atoms with E-state index < -0.39 is 10.0 Å². The minimum atomic E-state index is -3.39. The summed E-state index contributed by atoms with van der Waals surface area (Å²) in [6.07, 6.45) is 2.14. The molecule has 0 atom stereocenters. The van der Waals surface area contributed by atoms with Crippen LogP contribution in [0.15, 0.2) is 50.7 Å². The summed E-state index contributed by atoms with van der Waals surface area (Å²) in [7, 11) is -3.39. The maximum absolute atomic E-state index is 12.4. The number of thioether (sulfide) groups is 1. The van der Waals surface area contributed by atoms with E-state index in [-0.39, 0.29) is 18.6 Å². The predicted octanol–water partition coefficient (Wildman–Crippen LogP) is 2.90. The molecule has 11 nitrogen and oxygen atoms in total. The lowest BCUT2D eigenvalue weighted by Crippen LogP contribution is -2.36. The Morgan fingerprint density at radius 2 is 2.08 bits per heavy atom. The molecule has 3 heterocycles. The van der Waals surface area contributed by atoms with Gasteiger partial charge in [-0.25, -0.2) is 18.1 Å². The van der Waals surface area contributed by atoms with Crippen LogP contribution in [0, 0.1) is 0 Å². The zero-order valence-corrected chi connectivity index (χ0v) is 22.4. The summed E-state index contributed by atoms with van der Waals surface area (Å²) in [5.74, 6) is 1.91. The lowest BCUT2D eigenvalue weighted by Gasteiger charge is -2.22. The van der Waals surface area contributed by atoms with Crippen molar-refractivity contribution in [2.24, 2.45) is 15.7 Å². The van der Waals surface area contributed by atoms with Gasteiger partial charge in [0.25, 0.3) is 0 Å². The molecule has 0 saturated carbocycles. The summed E-state index contributed by atoms with van der Waals surface area (Å²) in [6.45, 7) is 8.41. The standard InChI is InChI=1S/C23H31N7O4S2/c1-5-25-22-21(15(4)24)27-23(30(22)9-6-10-36(31,32)29-14(2)3)35-20-12-19-18(33-13-34-19)11-16(20)17-7-8-26-28-17/h7-8,11-12,14,29H,5-6,9-10,13,24H2,1-4H3,(H,26,28)/b21-15-,25-22+. The maximum Gasteiger partial charge on any atom is 0.231 e. The molecule has 2 aliphatic heterocycles. The van der Waals surface area contributed by atoms with Crippen LogP contribution in [0.4, 0.5) is 0 Å². The van der Waals surface area contributed by atoms with Crippen molar-refractivity contribution in [1.82, 2.24) is 19.8 Å². The van der Waals surface area contributed by atoms with Crippen LogP contribution in [-0.4, -0.2) is 66.2 Å². The van der Waals surface area contributed by atoms with Gasteiger partial charge >= 0.3 is 0 Å². The van der Waals surface area contributed by atoms with Gasteiger partial charge in [-0.2, -0.15) is 5.10 Å². The van der Waals surface area contributed by atoms with Crippen molar-refractivity contribution in [2.75, 3.05) is 25.6 Å². The highest BCUT2D eigenvalue weighted by Gasteiger charge is 2.31. The van der Waals surface area contributed by atoms with Crippen molar-refractivity contribution in [1.29, 1.82) is 0 Å². The number of rotatable bonds is 9. The fourth-order valence-electron chi connectivity index (χ4n) is 3.83. The second-order valence-corrected chi connectivity index (χ2v) is 11.5. The SMILES string of the molecule is CC/N=C1\C(=C(/C)N)N=C(Sc2cc3c(cc2-c2cc[nH]n2)OCO3)N1CCCS(=O)(=O)NC(C)C. The Kier molecular flexibility index (Phi) is 7.91. The zero-order valence-electron chi connectivity index (χ0n) is 20.7. The van der Waals surface area contributed by atoms with E-state index in [4.69, 9.17) is 20.2 Å². The lowest BCUT2D eigenvalue weighted by molar-refractivity contribution is 0.174. The third-order valence-electron chi connectivity index (χ3n) is 5.25. The Bertz CT molecular complexity index is 1300. The summed E-state index contributed by atoms with van der Waals surface area (Å²) in [4.78, 5) is 12.2. The Morgan fingerprint density at radius 1 is 1.33 bits per heavy atom. The second-order valence-electron chi connectivity index (χ2n) is 8.58. The van der Waals surface area contributed by atoms with Crippen molar-refractivity contribution in [2.45, 2.75) is 45.1 Å². The summed E-state index contributed by atoms with van der Waals surface area (Å²) >= 11 is 1.42. The molecule has 4 N–H and O–H groups in total. The molecule has 13 heteroatoms. The normalized spacial score (nSPS) is 17.9. The Morgan fingerprint density at radius 3 is 2.72 bits per heavy atom. The van der Waals surface area contributed by atoms with E-state index in [9.17, 15) is 8.42 Å². The summed E-state index contributed by atoms with van der Waals surface area (Å²) in [5, 5.41) is 7.83. The Hall–Kier alpha value is -3.03. The van der Waals surface area contributed by atoms with Crippen molar-refractivity contribution < 1.29 is 17.9 Å². The fourth-order valence-corrected chi connectivity index (χ4v) is 6.23. The molecule has 0 unspecified atom stereocenters. The van der Waals surface area contributed by atoms with Gasteiger partial charge in [0.05, 0.1) is 11.4 Å². The molecule has 0 aliphatic carbocycles. The number of hydrogen-bond acceptors (Lipinski definition) is 9. The molecule has 0 saturated heterocycles. The molecule has 2 aliphatic rings. The third kappa shape index (κ3) is 5.85. The quantitative estimate of drug-likeness (QED) is 0.446. The fraction of sp³-hybridized carbons (Fsp3) is 0.435. The molecular weight excluding hydrogens is 502 g/mol. The number of fused-ring (bicyclic) bond motifs is 1. The van der Waals surface area contributed by atoms with E-state index in [0.29, 0.717) is 53.4 Å². The van der Waals surface area contributed by atoms with Gasteiger partial charge in [-0.15, -0.1) is 0 Å². The molecule has 1 aromatic carbocycles. The molecule has 0 amide bonds. The van der Waals surface area contributed by atoms with Crippen LogP contribution < -0.4 is 19.9 Å². The topological polar surface area (TPSA) is 147 Å². The molecule has 0 bridgehead atoms. The summed E-state index contributed by atoms with van der Waals surface area (Å²) in [5.41, 5.74) is 8.90. The van der Waals surface area contributed by atoms with Crippen LogP contribution in [0.5, 0.6) is 11.5 Å². The van der Waals surface area contributed by atoms with Crippen LogP contribution in [0.25, 0.3) is 11.3 Å². The highest BCUT2D eigenvalue weighted by Crippen LogP contribution is 2.43. The third-order valence-corrected chi connectivity index (χ3v) is 7.96. The molecule has 194 valence electrons. The van der Waals surface area contributed by atoms with Crippen molar-refractivity contribution >= 4 is 32.8 Å². The molecule has 4 rings (SSSR count). The Labute approximate surface area is 215 Å². The summed E-state index contributed by atoms with van der Waals surface area (Å²) < 4.78 is 38.6. The first-order chi connectivity index (χ1) is 17.2. The molecule has 0 spiro atoms. The number of aromatic amines is 1. The number of aliphatic imine (C=N–C) groups is 2. The zero-order chi connectivity index (χ0) is 25.9. The molecule has 0 fully saturated rings. The van der Waals surface area contributed by atoms with Crippen LogP contribution in [0.3, 0.4) is 0 Å². The van der Waals surface area contributed by atoms with Gasteiger partial charge in [0.1, 0.15) is 5.70 Å². The number of H-pyrrole nitrogens is 1. The first-order valence-corrected chi connectivity index (χ1v) is 14.1. The number of nitrogens with zero attached hydrogens (tertiary/aromatic N) is 4. The number of ether oxygens (including phenoxy) is 2. The summed E-state index contributed by atoms with van der Waals surface area (Å²) in [6, 6.07) is 5.52. The van der Waals surface area contributed by atoms with Gasteiger partial charge in [0.15, 0.2) is 22.5 Å². The highest BCUT2D eigenvalue weighted by atomic mass is 32.2. The first kappa shape index (κ1) is 26.0. The van der Waals surface area contributed by atoms with E-state index in [1.807, 2.05) is 30.0 Å². The van der Waals surface area contributed by atoms with E-state index in [1.54, 1.807) is 27.0 Å². The van der Waals surface area contributed by atoms with Gasteiger partial charge in [0, 0.05) is 41.5 Å². The van der Waals surface area contributed by atoms with Gasteiger partial charge in [0.2, 0.25) is 16.8 Å². The molecule has 36 heavy (non-hydrogen) atoms. The molecule has 1 aromatic heterocycles. The van der Waals surface area contributed by atoms with Gasteiger partial charge in [-0.1, -0.05) is 11.8 Å². The van der Waals surface area contributed by atoms with Crippen LogP contribution >= 0.6 is 11.8 Å². The van der Waals surface area contributed by atoms with Crippen LogP contribution in [0.1, 0.15) is 34.1 Å². The van der Waals surface area contributed by atoms with Crippen molar-refractivity contribution in [3.8, 4) is 22.8 Å². The average Bonchev–Trinajstić information content (AvgIpc) is 3.54. The van der Waals surface area contributed by atoms with Crippen molar-refractivity contribution in [3.05, 3.63) is 35.8 Å². The molecule has 0 radical (unpaired) electrons. The number of allylic oxidation sites excluding steroid dienone is 1. The van der Waals surface area contributed by atoms with Gasteiger partial charge < -0.3 is 20.1 Å². The lowest BCUT2D eigenvalue weighted by atomic mass is 10.1. The number of amidine groups is 2. The van der Waals surface area contributed by atoms with Crippen LogP contribution in [-0.2, 0) is 10.0 Å². The number of aromatic nitrogens is 2. The first-order valence-electron chi connectivity index (χ1n) is 11.7. The van der Waals surface area contributed by atoms with E-state index in [1.165, 1.54) is 11.8 Å². The Balaban J connectivity index is 1.66. The number of sulfonamides is 1. The second kappa shape index (κ2) is 10.9. The monoisotopic (exact) mass is 533 g/mol. The minimum Gasteiger partial charge on any atom is -0.454 e. The van der Waals surface area contributed by atoms with Gasteiger partial charge in [-0.05, 0) is 52.3 Å². The predicted molar refractivity (Wildman–Crippen MR) is 142 cm³/mol. The van der Waals surface area contributed by atoms with E-state index in [2.05, 4.69) is 19.9 Å². The van der Waals surface area contributed by atoms with E-state index in [0.717, 1.165) is 16.2 Å². The number of nitrogens with one attached hydrogen (secondary N) is 2. The smallest absolute Gasteiger partial charge is 0.231 e. The van der Waals surface area contributed by atoms with Crippen LogP contribution in [0.2, 0.25) is 0 Å².